The Bertz CT molecular complexity index is 1140. The molecule has 0 amide bonds. The van der Waals surface area contributed by atoms with E-state index in [9.17, 15) is 0 Å². The van der Waals surface area contributed by atoms with E-state index in [-0.39, 0.29) is 0 Å². The Labute approximate surface area is 177 Å². The third kappa shape index (κ3) is 3.67. The van der Waals surface area contributed by atoms with E-state index in [1.165, 1.54) is 9.60 Å². The SMILES string of the molecule is CSc1ccc2nc(N3CCN(c4cncc(-c5cnn(C)c5)n4)CC3)sc2c1. The third-order valence-electron chi connectivity index (χ3n) is 5.08. The lowest BCUT2D eigenvalue weighted by atomic mass is 10.2. The summed E-state index contributed by atoms with van der Waals surface area (Å²) in [6, 6.07) is 6.50. The monoisotopic (exact) mass is 423 g/mol. The zero-order valence-corrected chi connectivity index (χ0v) is 17.9. The predicted molar refractivity (Wildman–Crippen MR) is 120 cm³/mol. The minimum Gasteiger partial charge on any atom is -0.352 e. The molecule has 1 saturated heterocycles. The average Bonchev–Trinajstić information content (AvgIpc) is 3.39. The fourth-order valence-electron chi connectivity index (χ4n) is 3.48. The highest BCUT2D eigenvalue weighted by Crippen LogP contribution is 2.32. The summed E-state index contributed by atoms with van der Waals surface area (Å²) >= 11 is 3.55. The van der Waals surface area contributed by atoms with E-state index >= 15 is 0 Å². The molecule has 0 atom stereocenters. The maximum Gasteiger partial charge on any atom is 0.186 e. The van der Waals surface area contributed by atoms with Crippen LogP contribution in [0.25, 0.3) is 21.5 Å². The second-order valence-electron chi connectivity index (χ2n) is 6.97. The Morgan fingerprint density at radius 1 is 1.00 bits per heavy atom. The Kier molecular flexibility index (Phi) is 4.84. The lowest BCUT2D eigenvalue weighted by Gasteiger charge is -2.35. The lowest BCUT2D eigenvalue weighted by molar-refractivity contribution is 0.645. The first-order chi connectivity index (χ1) is 14.2. The Morgan fingerprint density at radius 2 is 1.83 bits per heavy atom. The summed E-state index contributed by atoms with van der Waals surface area (Å²) in [6.45, 7) is 3.65. The maximum atomic E-state index is 4.85. The molecule has 7 nitrogen and oxygen atoms in total. The number of thioether (sulfide) groups is 1. The fourth-order valence-corrected chi connectivity index (χ4v) is 5.05. The first-order valence-corrected chi connectivity index (χ1v) is 11.5. The van der Waals surface area contributed by atoms with Gasteiger partial charge < -0.3 is 9.80 Å². The molecule has 0 bridgehead atoms. The van der Waals surface area contributed by atoms with Crippen LogP contribution in [-0.2, 0) is 7.05 Å². The van der Waals surface area contributed by atoms with Gasteiger partial charge in [0.1, 0.15) is 5.82 Å². The molecule has 1 aliphatic rings. The Balaban J connectivity index is 1.30. The second kappa shape index (κ2) is 7.64. The van der Waals surface area contributed by atoms with Crippen molar-refractivity contribution in [1.29, 1.82) is 0 Å². The molecule has 0 radical (unpaired) electrons. The van der Waals surface area contributed by atoms with Gasteiger partial charge in [-0.25, -0.2) is 9.97 Å². The van der Waals surface area contributed by atoms with E-state index < -0.39 is 0 Å². The van der Waals surface area contributed by atoms with Crippen molar-refractivity contribution in [2.24, 2.45) is 7.05 Å². The van der Waals surface area contributed by atoms with Crippen LogP contribution in [0.2, 0.25) is 0 Å². The van der Waals surface area contributed by atoms with Crippen LogP contribution in [0.1, 0.15) is 0 Å². The summed E-state index contributed by atoms with van der Waals surface area (Å²) in [4.78, 5) is 20.0. The van der Waals surface area contributed by atoms with Crippen molar-refractivity contribution < 1.29 is 0 Å². The summed E-state index contributed by atoms with van der Waals surface area (Å²) in [6.07, 6.45) is 9.52. The minimum absolute atomic E-state index is 0.855. The van der Waals surface area contributed by atoms with Crippen molar-refractivity contribution in [3.8, 4) is 11.3 Å². The van der Waals surface area contributed by atoms with Gasteiger partial charge in [0.2, 0.25) is 0 Å². The molecule has 1 aliphatic heterocycles. The van der Waals surface area contributed by atoms with E-state index in [1.807, 2.05) is 25.6 Å². The lowest BCUT2D eigenvalue weighted by Crippen LogP contribution is -2.46. The number of thiazole rings is 1. The van der Waals surface area contributed by atoms with E-state index in [0.717, 1.165) is 53.9 Å². The molecule has 3 aromatic heterocycles. The number of aromatic nitrogens is 5. The van der Waals surface area contributed by atoms with Gasteiger partial charge >= 0.3 is 0 Å². The van der Waals surface area contributed by atoms with Crippen molar-refractivity contribution >= 4 is 44.3 Å². The summed E-state index contributed by atoms with van der Waals surface area (Å²) in [7, 11) is 1.91. The zero-order valence-electron chi connectivity index (χ0n) is 16.3. The molecule has 4 heterocycles. The molecule has 0 aliphatic carbocycles. The molecule has 148 valence electrons. The first-order valence-electron chi connectivity index (χ1n) is 9.45. The molecule has 4 aromatic rings. The number of nitrogens with zero attached hydrogens (tertiary/aromatic N) is 7. The van der Waals surface area contributed by atoms with Gasteiger partial charge in [-0.15, -0.1) is 11.8 Å². The van der Waals surface area contributed by atoms with E-state index in [0.29, 0.717) is 0 Å². The molecular formula is C20H21N7S2. The molecule has 0 spiro atoms. The highest BCUT2D eigenvalue weighted by Gasteiger charge is 2.21. The van der Waals surface area contributed by atoms with Gasteiger partial charge in [-0.05, 0) is 24.5 Å². The average molecular weight is 424 g/mol. The minimum atomic E-state index is 0.855. The summed E-state index contributed by atoms with van der Waals surface area (Å²) in [5.74, 6) is 0.917. The molecular weight excluding hydrogens is 402 g/mol. The molecule has 5 rings (SSSR count). The number of benzene rings is 1. The topological polar surface area (TPSA) is 63.0 Å². The number of rotatable bonds is 4. The Morgan fingerprint density at radius 3 is 2.59 bits per heavy atom. The quantitative estimate of drug-likeness (QED) is 0.465. The van der Waals surface area contributed by atoms with Crippen molar-refractivity contribution in [1.82, 2.24) is 24.7 Å². The highest BCUT2D eigenvalue weighted by molar-refractivity contribution is 7.98. The number of fused-ring (bicyclic) bond motifs is 1. The first kappa shape index (κ1) is 18.4. The van der Waals surface area contributed by atoms with Crippen LogP contribution in [0.15, 0.2) is 47.9 Å². The van der Waals surface area contributed by atoms with Gasteiger partial charge in [-0.3, -0.25) is 9.67 Å². The van der Waals surface area contributed by atoms with E-state index in [1.54, 1.807) is 34.0 Å². The van der Waals surface area contributed by atoms with Gasteiger partial charge in [0, 0.05) is 49.9 Å². The summed E-state index contributed by atoms with van der Waals surface area (Å²) in [5, 5.41) is 5.33. The van der Waals surface area contributed by atoms with Gasteiger partial charge in [0.15, 0.2) is 5.13 Å². The van der Waals surface area contributed by atoms with Gasteiger partial charge in [0.25, 0.3) is 0 Å². The summed E-state index contributed by atoms with van der Waals surface area (Å²) < 4.78 is 3.03. The number of hydrogen-bond donors (Lipinski definition) is 0. The third-order valence-corrected chi connectivity index (χ3v) is 6.89. The van der Waals surface area contributed by atoms with Crippen LogP contribution in [0, 0.1) is 0 Å². The van der Waals surface area contributed by atoms with Crippen molar-refractivity contribution in [2.45, 2.75) is 4.90 Å². The zero-order chi connectivity index (χ0) is 19.8. The normalized spacial score (nSPS) is 14.7. The Hall–Kier alpha value is -2.65. The number of piperazine rings is 1. The van der Waals surface area contributed by atoms with Crippen LogP contribution in [-0.4, -0.2) is 57.2 Å². The number of hydrogen-bond acceptors (Lipinski definition) is 8. The molecule has 1 aromatic carbocycles. The highest BCUT2D eigenvalue weighted by atomic mass is 32.2. The molecule has 0 saturated carbocycles. The van der Waals surface area contributed by atoms with E-state index in [2.05, 4.69) is 44.3 Å². The van der Waals surface area contributed by atoms with Crippen molar-refractivity contribution in [3.05, 3.63) is 43.0 Å². The van der Waals surface area contributed by atoms with Crippen molar-refractivity contribution in [2.75, 3.05) is 42.2 Å². The van der Waals surface area contributed by atoms with Crippen LogP contribution >= 0.6 is 23.1 Å². The molecule has 9 heteroatoms. The van der Waals surface area contributed by atoms with E-state index in [4.69, 9.17) is 9.97 Å². The van der Waals surface area contributed by atoms with Gasteiger partial charge in [-0.1, -0.05) is 11.3 Å². The van der Waals surface area contributed by atoms with Crippen molar-refractivity contribution in [3.63, 3.8) is 0 Å². The number of anilines is 2. The largest absolute Gasteiger partial charge is 0.352 e. The summed E-state index contributed by atoms with van der Waals surface area (Å²) in [5.41, 5.74) is 2.92. The standard InChI is InChI=1S/C20H21N7S2/c1-25-13-14(10-22-25)17-11-21-12-19(23-17)26-5-7-27(8-6-26)20-24-16-4-3-15(28-2)9-18(16)29-20/h3-4,9-13H,5-8H2,1-2H3. The van der Waals surface area contributed by atoms with Crippen LogP contribution in [0.4, 0.5) is 10.9 Å². The smallest absolute Gasteiger partial charge is 0.186 e. The second-order valence-corrected chi connectivity index (χ2v) is 8.86. The van der Waals surface area contributed by atoms with Crippen LogP contribution in [0.5, 0.6) is 0 Å². The van der Waals surface area contributed by atoms with Gasteiger partial charge in [0.05, 0.1) is 34.5 Å². The predicted octanol–water partition coefficient (Wildman–Crippen LogP) is 3.54. The van der Waals surface area contributed by atoms with Gasteiger partial charge in [-0.2, -0.15) is 5.10 Å². The van der Waals surface area contributed by atoms with Crippen LogP contribution < -0.4 is 9.80 Å². The fraction of sp³-hybridized carbons (Fsp3) is 0.300. The van der Waals surface area contributed by atoms with Crippen LogP contribution in [0.3, 0.4) is 0 Å². The molecule has 29 heavy (non-hydrogen) atoms. The number of aryl methyl sites for hydroxylation is 1. The maximum absolute atomic E-state index is 4.85. The molecule has 0 N–H and O–H groups in total. The molecule has 1 fully saturated rings. The molecule has 0 unspecified atom stereocenters.